The molecule has 5 heteroatoms. The number of anilines is 1. The van der Waals surface area contributed by atoms with Gasteiger partial charge in [0.2, 0.25) is 0 Å². The maximum absolute atomic E-state index is 5.22. The van der Waals surface area contributed by atoms with Crippen molar-refractivity contribution in [3.8, 4) is 0 Å². The van der Waals surface area contributed by atoms with E-state index in [0.29, 0.717) is 4.77 Å². The van der Waals surface area contributed by atoms with Gasteiger partial charge in [-0.2, -0.15) is 0 Å². The van der Waals surface area contributed by atoms with Gasteiger partial charge >= 0.3 is 0 Å². The second-order valence-electron chi connectivity index (χ2n) is 4.60. The number of fused-ring (bicyclic) bond motifs is 1. The fraction of sp³-hybridized carbons (Fsp3) is 0.385. The van der Waals surface area contributed by atoms with Crippen LogP contribution in [0.4, 0.5) is 5.82 Å². The highest BCUT2D eigenvalue weighted by atomic mass is 79.9. The van der Waals surface area contributed by atoms with Gasteiger partial charge in [-0.25, -0.2) is 4.98 Å². The zero-order valence-corrected chi connectivity index (χ0v) is 12.4. The molecule has 2 heterocycles. The Labute approximate surface area is 119 Å². The summed E-state index contributed by atoms with van der Waals surface area (Å²) in [7, 11) is 0. The van der Waals surface area contributed by atoms with E-state index in [0.717, 1.165) is 34.3 Å². The van der Waals surface area contributed by atoms with Crippen molar-refractivity contribution in [1.82, 2.24) is 9.97 Å². The van der Waals surface area contributed by atoms with Crippen molar-refractivity contribution in [2.45, 2.75) is 19.3 Å². The third-order valence-electron chi connectivity index (χ3n) is 3.33. The van der Waals surface area contributed by atoms with Crippen molar-refractivity contribution in [1.29, 1.82) is 0 Å². The van der Waals surface area contributed by atoms with Crippen LogP contribution in [0, 0.1) is 4.77 Å². The largest absolute Gasteiger partial charge is 0.356 e. The Morgan fingerprint density at radius 2 is 2.00 bits per heavy atom. The van der Waals surface area contributed by atoms with Gasteiger partial charge in [-0.05, 0) is 49.7 Å². The molecule has 1 aliphatic heterocycles. The monoisotopic (exact) mass is 323 g/mol. The van der Waals surface area contributed by atoms with E-state index in [9.17, 15) is 0 Å². The van der Waals surface area contributed by atoms with Crippen LogP contribution >= 0.6 is 28.1 Å². The third-order valence-corrected chi connectivity index (χ3v) is 4.01. The Kier molecular flexibility index (Phi) is 3.35. The highest BCUT2D eigenvalue weighted by molar-refractivity contribution is 9.10. The minimum atomic E-state index is 0.561. The molecule has 1 aromatic heterocycles. The van der Waals surface area contributed by atoms with Crippen LogP contribution in [0.1, 0.15) is 19.3 Å². The molecule has 0 atom stereocenters. The summed E-state index contributed by atoms with van der Waals surface area (Å²) >= 11 is 8.75. The molecule has 3 nitrogen and oxygen atoms in total. The van der Waals surface area contributed by atoms with E-state index >= 15 is 0 Å². The Hall–Kier alpha value is -0.940. The third kappa shape index (κ3) is 2.29. The van der Waals surface area contributed by atoms with Crippen LogP contribution in [0.25, 0.3) is 10.9 Å². The van der Waals surface area contributed by atoms with Crippen LogP contribution in [-0.4, -0.2) is 23.1 Å². The van der Waals surface area contributed by atoms with Crippen molar-refractivity contribution in [2.24, 2.45) is 0 Å². The van der Waals surface area contributed by atoms with Gasteiger partial charge in [0.1, 0.15) is 5.82 Å². The Morgan fingerprint density at radius 1 is 1.22 bits per heavy atom. The van der Waals surface area contributed by atoms with Gasteiger partial charge in [0.25, 0.3) is 0 Å². The molecule has 0 saturated carbocycles. The minimum Gasteiger partial charge on any atom is -0.356 e. The Balaban J connectivity index is 2.19. The van der Waals surface area contributed by atoms with Crippen LogP contribution in [0.5, 0.6) is 0 Å². The zero-order valence-electron chi connectivity index (χ0n) is 9.95. The van der Waals surface area contributed by atoms with Gasteiger partial charge in [0.05, 0.1) is 5.52 Å². The molecule has 18 heavy (non-hydrogen) atoms. The predicted octanol–water partition coefficient (Wildman–Crippen LogP) is 4.05. The zero-order chi connectivity index (χ0) is 12.5. The lowest BCUT2D eigenvalue weighted by atomic mass is 10.1. The average molecular weight is 324 g/mol. The summed E-state index contributed by atoms with van der Waals surface area (Å²) in [5, 5.41) is 1.14. The normalized spacial score (nSPS) is 16.2. The summed E-state index contributed by atoms with van der Waals surface area (Å²) in [6, 6.07) is 6.18. The van der Waals surface area contributed by atoms with Gasteiger partial charge in [-0.3, -0.25) is 0 Å². The molecule has 0 spiro atoms. The van der Waals surface area contributed by atoms with E-state index in [4.69, 9.17) is 12.2 Å². The number of aromatic amines is 1. The second-order valence-corrected chi connectivity index (χ2v) is 5.91. The molecule has 0 radical (unpaired) electrons. The molecule has 0 unspecified atom stereocenters. The number of nitrogens with zero attached hydrogens (tertiary/aromatic N) is 2. The van der Waals surface area contributed by atoms with E-state index in [1.54, 1.807) is 0 Å². The van der Waals surface area contributed by atoms with Gasteiger partial charge in [0, 0.05) is 22.9 Å². The van der Waals surface area contributed by atoms with Gasteiger partial charge in [-0.1, -0.05) is 15.9 Å². The number of benzene rings is 1. The summed E-state index contributed by atoms with van der Waals surface area (Å²) in [6.45, 7) is 2.15. The molecule has 1 N–H and O–H groups in total. The molecule has 1 aromatic carbocycles. The smallest absolute Gasteiger partial charge is 0.199 e. The maximum atomic E-state index is 5.22. The molecule has 0 aliphatic carbocycles. The first-order valence-corrected chi connectivity index (χ1v) is 7.39. The average Bonchev–Trinajstić information content (AvgIpc) is 2.39. The van der Waals surface area contributed by atoms with Crippen LogP contribution in [-0.2, 0) is 0 Å². The molecule has 1 saturated heterocycles. The quantitative estimate of drug-likeness (QED) is 0.803. The SMILES string of the molecule is S=c1nc(N2CCCCC2)c2cc(Br)ccc2[nH]1. The number of aromatic nitrogens is 2. The van der Waals surface area contributed by atoms with E-state index in [-0.39, 0.29) is 0 Å². The van der Waals surface area contributed by atoms with Crippen LogP contribution < -0.4 is 4.90 Å². The highest BCUT2D eigenvalue weighted by Gasteiger charge is 2.15. The fourth-order valence-corrected chi connectivity index (χ4v) is 3.01. The van der Waals surface area contributed by atoms with Gasteiger partial charge in [0.15, 0.2) is 4.77 Å². The lowest BCUT2D eigenvalue weighted by Crippen LogP contribution is -2.30. The number of H-pyrrole nitrogens is 1. The molecule has 1 aliphatic rings. The van der Waals surface area contributed by atoms with Crippen molar-refractivity contribution < 1.29 is 0 Å². The van der Waals surface area contributed by atoms with E-state index in [2.05, 4.69) is 36.9 Å². The summed E-state index contributed by atoms with van der Waals surface area (Å²) < 4.78 is 1.63. The molecule has 3 rings (SSSR count). The van der Waals surface area contributed by atoms with Crippen LogP contribution in [0.3, 0.4) is 0 Å². The summed E-state index contributed by atoms with van der Waals surface area (Å²) in [4.78, 5) is 10.0. The van der Waals surface area contributed by atoms with Gasteiger partial charge < -0.3 is 9.88 Å². The number of hydrogen-bond donors (Lipinski definition) is 1. The lowest BCUT2D eigenvalue weighted by molar-refractivity contribution is 0.574. The van der Waals surface area contributed by atoms with Crippen LogP contribution in [0.2, 0.25) is 0 Å². The van der Waals surface area contributed by atoms with E-state index in [1.165, 1.54) is 19.3 Å². The number of hydrogen-bond acceptors (Lipinski definition) is 3. The van der Waals surface area contributed by atoms with Crippen molar-refractivity contribution in [2.75, 3.05) is 18.0 Å². The minimum absolute atomic E-state index is 0.561. The van der Waals surface area contributed by atoms with E-state index < -0.39 is 0 Å². The molecular formula is C13H14BrN3S. The first kappa shape index (κ1) is 12.1. The predicted molar refractivity (Wildman–Crippen MR) is 80.7 cm³/mol. The number of piperidine rings is 1. The van der Waals surface area contributed by atoms with Crippen molar-refractivity contribution in [3.05, 3.63) is 27.4 Å². The van der Waals surface area contributed by atoms with Gasteiger partial charge in [-0.15, -0.1) is 0 Å². The molecule has 0 bridgehead atoms. The molecule has 0 amide bonds. The molecule has 1 fully saturated rings. The highest BCUT2D eigenvalue weighted by Crippen LogP contribution is 2.28. The maximum Gasteiger partial charge on any atom is 0.199 e. The molecular weight excluding hydrogens is 310 g/mol. The Morgan fingerprint density at radius 3 is 2.78 bits per heavy atom. The van der Waals surface area contributed by atoms with E-state index in [1.807, 2.05) is 12.1 Å². The summed E-state index contributed by atoms with van der Waals surface area (Å²) in [6.07, 6.45) is 3.79. The summed E-state index contributed by atoms with van der Waals surface area (Å²) in [5.74, 6) is 1.02. The topological polar surface area (TPSA) is 31.9 Å². The number of nitrogens with one attached hydrogen (secondary N) is 1. The number of rotatable bonds is 1. The Bertz CT molecular complexity index is 632. The van der Waals surface area contributed by atoms with Crippen molar-refractivity contribution >= 4 is 44.9 Å². The fourth-order valence-electron chi connectivity index (χ4n) is 2.46. The first-order chi connectivity index (χ1) is 8.74. The molecule has 94 valence electrons. The lowest BCUT2D eigenvalue weighted by Gasteiger charge is -2.28. The van der Waals surface area contributed by atoms with Crippen molar-refractivity contribution in [3.63, 3.8) is 0 Å². The standard InChI is InChI=1S/C13H14BrN3S/c14-9-4-5-11-10(8-9)12(16-13(18)15-11)17-6-2-1-3-7-17/h4-5,8H,1-3,6-7H2,(H,15,16,18). The molecule has 2 aromatic rings. The second kappa shape index (κ2) is 4.97. The summed E-state index contributed by atoms with van der Waals surface area (Å²) in [5.41, 5.74) is 1.05. The first-order valence-electron chi connectivity index (χ1n) is 6.18. The number of halogens is 1. The van der Waals surface area contributed by atoms with Crippen LogP contribution in [0.15, 0.2) is 22.7 Å².